The Hall–Kier alpha value is -1.48. The molecule has 5 heteroatoms. The number of rotatable bonds is 3. The van der Waals surface area contributed by atoms with Crippen molar-refractivity contribution in [3.05, 3.63) is 5.53 Å². The number of esters is 1. The van der Waals surface area contributed by atoms with Gasteiger partial charge in [0.15, 0.2) is 0 Å². The van der Waals surface area contributed by atoms with Crippen LogP contribution in [0.25, 0.3) is 5.53 Å². The Morgan fingerprint density at radius 2 is 2.15 bits per heavy atom. The molecule has 0 unspecified atom stereocenters. The lowest BCUT2D eigenvalue weighted by Crippen LogP contribution is -2.46. The van der Waals surface area contributed by atoms with E-state index in [0.29, 0.717) is 12.8 Å². The Labute approximate surface area is 75.3 Å². The van der Waals surface area contributed by atoms with Crippen molar-refractivity contribution < 1.29 is 19.1 Å². The number of methoxy groups -OCH3 is 1. The van der Waals surface area contributed by atoms with Gasteiger partial charge in [0.1, 0.15) is 5.41 Å². The molecule has 0 saturated heterocycles. The summed E-state index contributed by atoms with van der Waals surface area (Å²) >= 11 is 0. The van der Waals surface area contributed by atoms with E-state index in [1.54, 1.807) is 0 Å². The molecular formula is C8H10N2O3. The number of hydrogen-bond acceptors (Lipinski definition) is 3. The number of hydrogen-bond donors (Lipinski definition) is 0. The fourth-order valence-corrected chi connectivity index (χ4v) is 1.45. The first-order valence-corrected chi connectivity index (χ1v) is 3.97. The van der Waals surface area contributed by atoms with Gasteiger partial charge in [0.05, 0.1) is 7.11 Å². The number of nitrogens with zero attached hydrogens (tertiary/aromatic N) is 2. The van der Waals surface area contributed by atoms with E-state index in [9.17, 15) is 9.59 Å². The fourth-order valence-electron chi connectivity index (χ4n) is 1.45. The molecule has 1 saturated carbocycles. The maximum Gasteiger partial charge on any atom is 0.324 e. The average molecular weight is 182 g/mol. The zero-order valence-electron chi connectivity index (χ0n) is 7.32. The Morgan fingerprint density at radius 3 is 2.46 bits per heavy atom. The molecule has 13 heavy (non-hydrogen) atoms. The Morgan fingerprint density at radius 1 is 1.54 bits per heavy atom. The van der Waals surface area contributed by atoms with Crippen molar-refractivity contribution in [2.45, 2.75) is 19.3 Å². The van der Waals surface area contributed by atoms with Crippen LogP contribution in [-0.4, -0.2) is 29.9 Å². The van der Waals surface area contributed by atoms with Gasteiger partial charge in [0.2, 0.25) is 0 Å². The van der Waals surface area contributed by atoms with Crippen molar-refractivity contribution in [3.8, 4) is 0 Å². The van der Waals surface area contributed by atoms with E-state index in [2.05, 4.69) is 9.53 Å². The SMILES string of the molecule is COC(=O)C1(C(=O)C=[N+]=[N-])CCC1. The monoisotopic (exact) mass is 182 g/mol. The highest BCUT2D eigenvalue weighted by molar-refractivity contribution is 6.33. The molecule has 5 nitrogen and oxygen atoms in total. The molecule has 0 radical (unpaired) electrons. The first kappa shape index (κ1) is 9.61. The van der Waals surface area contributed by atoms with Gasteiger partial charge in [-0.25, -0.2) is 0 Å². The second kappa shape index (κ2) is 3.49. The topological polar surface area (TPSA) is 79.8 Å². The first-order valence-electron chi connectivity index (χ1n) is 3.97. The van der Waals surface area contributed by atoms with Crippen LogP contribution in [-0.2, 0) is 14.3 Å². The molecule has 1 aliphatic rings. The van der Waals surface area contributed by atoms with Crippen molar-refractivity contribution in [1.29, 1.82) is 0 Å². The summed E-state index contributed by atoms with van der Waals surface area (Å²) in [5.74, 6) is -1.02. The smallest absolute Gasteiger partial charge is 0.324 e. The molecular weight excluding hydrogens is 172 g/mol. The fraction of sp³-hybridized carbons (Fsp3) is 0.625. The van der Waals surface area contributed by atoms with Crippen LogP contribution < -0.4 is 0 Å². The maximum atomic E-state index is 11.3. The van der Waals surface area contributed by atoms with Crippen LogP contribution in [0.15, 0.2) is 0 Å². The summed E-state index contributed by atoms with van der Waals surface area (Å²) in [5, 5.41) is 0. The van der Waals surface area contributed by atoms with Crippen LogP contribution in [0.5, 0.6) is 0 Å². The maximum absolute atomic E-state index is 11.3. The molecule has 0 aliphatic heterocycles. The van der Waals surface area contributed by atoms with E-state index >= 15 is 0 Å². The third-order valence-electron chi connectivity index (χ3n) is 2.43. The molecule has 0 atom stereocenters. The standard InChI is InChI=1S/C8H10N2O3/c1-13-7(12)8(3-2-4-8)6(11)5-10-9/h5H,2-4H2,1H3. The minimum absolute atomic E-state index is 0.477. The van der Waals surface area contributed by atoms with Crippen LogP contribution in [0.3, 0.4) is 0 Å². The van der Waals surface area contributed by atoms with E-state index in [4.69, 9.17) is 5.53 Å². The largest absolute Gasteiger partial charge is 0.468 e. The summed E-state index contributed by atoms with van der Waals surface area (Å²) in [4.78, 5) is 25.2. The molecule has 0 heterocycles. The number of ketones is 1. The molecule has 0 N–H and O–H groups in total. The van der Waals surface area contributed by atoms with E-state index < -0.39 is 17.2 Å². The summed E-state index contributed by atoms with van der Waals surface area (Å²) < 4.78 is 4.52. The summed E-state index contributed by atoms with van der Waals surface area (Å²) in [6, 6.07) is 0. The van der Waals surface area contributed by atoms with Crippen molar-refractivity contribution in [2.24, 2.45) is 5.41 Å². The van der Waals surface area contributed by atoms with Gasteiger partial charge in [0, 0.05) is 0 Å². The zero-order chi connectivity index (χ0) is 9.90. The van der Waals surface area contributed by atoms with Crippen LogP contribution in [0.1, 0.15) is 19.3 Å². The van der Waals surface area contributed by atoms with Gasteiger partial charge in [0.25, 0.3) is 5.78 Å². The summed E-state index contributed by atoms with van der Waals surface area (Å²) in [6.07, 6.45) is 2.53. The summed E-state index contributed by atoms with van der Waals surface area (Å²) in [5.41, 5.74) is 7.10. The van der Waals surface area contributed by atoms with E-state index in [1.165, 1.54) is 7.11 Å². The van der Waals surface area contributed by atoms with E-state index in [-0.39, 0.29) is 0 Å². The van der Waals surface area contributed by atoms with Crippen LogP contribution >= 0.6 is 0 Å². The predicted molar refractivity (Wildman–Crippen MR) is 43.0 cm³/mol. The van der Waals surface area contributed by atoms with Gasteiger partial charge < -0.3 is 10.3 Å². The van der Waals surface area contributed by atoms with Gasteiger partial charge >= 0.3 is 12.2 Å². The molecule has 0 aromatic heterocycles. The Bertz CT molecular complexity index is 288. The number of ether oxygens (including phenoxy) is 1. The highest BCUT2D eigenvalue weighted by Gasteiger charge is 2.52. The molecule has 1 aliphatic carbocycles. The number of carbonyl (C=O) groups is 2. The molecule has 0 aromatic rings. The third kappa shape index (κ3) is 1.38. The molecule has 0 bridgehead atoms. The number of carbonyl (C=O) groups excluding carboxylic acids is 2. The van der Waals surface area contributed by atoms with Gasteiger partial charge in [-0.3, -0.25) is 9.59 Å². The molecule has 0 spiro atoms. The van der Waals surface area contributed by atoms with Crippen molar-refractivity contribution >= 4 is 18.0 Å². The predicted octanol–water partition coefficient (Wildman–Crippen LogP) is 0.199. The summed E-state index contributed by atoms with van der Waals surface area (Å²) in [6.45, 7) is 0. The van der Waals surface area contributed by atoms with Crippen molar-refractivity contribution in [3.63, 3.8) is 0 Å². The quantitative estimate of drug-likeness (QED) is 0.205. The third-order valence-corrected chi connectivity index (χ3v) is 2.43. The molecule has 70 valence electrons. The van der Waals surface area contributed by atoms with Gasteiger partial charge in [-0.2, -0.15) is 4.79 Å². The second-order valence-electron chi connectivity index (χ2n) is 3.04. The minimum Gasteiger partial charge on any atom is -0.468 e. The zero-order valence-corrected chi connectivity index (χ0v) is 7.32. The second-order valence-corrected chi connectivity index (χ2v) is 3.04. The number of Topliss-reactive ketones (excluding diaryl/α,β-unsaturated/α-hetero) is 1. The highest BCUT2D eigenvalue weighted by atomic mass is 16.5. The van der Waals surface area contributed by atoms with Crippen LogP contribution in [0.4, 0.5) is 0 Å². The Balaban J connectivity index is 2.87. The average Bonchev–Trinajstić information content (AvgIpc) is 2.02. The molecule has 0 aromatic carbocycles. The molecule has 0 amide bonds. The van der Waals surface area contributed by atoms with Crippen LogP contribution in [0.2, 0.25) is 0 Å². The lowest BCUT2D eigenvalue weighted by Gasteiger charge is -2.34. The van der Waals surface area contributed by atoms with Gasteiger partial charge in [-0.05, 0) is 12.8 Å². The van der Waals surface area contributed by atoms with Gasteiger partial charge in [-0.15, -0.1) is 0 Å². The minimum atomic E-state index is -1.07. The summed E-state index contributed by atoms with van der Waals surface area (Å²) in [7, 11) is 1.24. The normalized spacial score (nSPS) is 17.9. The van der Waals surface area contributed by atoms with Crippen molar-refractivity contribution in [1.82, 2.24) is 0 Å². The molecule has 1 fully saturated rings. The van der Waals surface area contributed by atoms with Gasteiger partial charge in [-0.1, -0.05) is 6.42 Å². The lowest BCUT2D eigenvalue weighted by atomic mass is 9.66. The Kier molecular flexibility index (Phi) is 2.58. The van der Waals surface area contributed by atoms with Crippen LogP contribution in [0, 0.1) is 5.41 Å². The van der Waals surface area contributed by atoms with E-state index in [1.807, 2.05) is 0 Å². The first-order chi connectivity index (χ1) is 6.17. The van der Waals surface area contributed by atoms with E-state index in [0.717, 1.165) is 12.6 Å². The molecule has 1 rings (SSSR count). The lowest BCUT2D eigenvalue weighted by molar-refractivity contribution is -0.162. The highest BCUT2D eigenvalue weighted by Crippen LogP contribution is 2.42. The van der Waals surface area contributed by atoms with Crippen molar-refractivity contribution in [2.75, 3.05) is 7.11 Å².